The van der Waals surface area contributed by atoms with Gasteiger partial charge in [0.25, 0.3) is 0 Å². The molecule has 0 aliphatic heterocycles. The van der Waals surface area contributed by atoms with E-state index in [0.29, 0.717) is 13.0 Å². The van der Waals surface area contributed by atoms with Crippen molar-refractivity contribution in [2.24, 2.45) is 11.7 Å². The standard InChI is InChI=1S/C14H22N2O2/c1-11(9-15)8-13(18)16-14(2,10-17)12-6-4-3-5-7-12/h3-7,11,17H,8-10,15H2,1-2H3,(H,16,18). The van der Waals surface area contributed by atoms with Crippen molar-refractivity contribution in [2.45, 2.75) is 25.8 Å². The van der Waals surface area contributed by atoms with E-state index in [2.05, 4.69) is 5.32 Å². The van der Waals surface area contributed by atoms with Gasteiger partial charge in [-0.1, -0.05) is 37.3 Å². The monoisotopic (exact) mass is 250 g/mol. The van der Waals surface area contributed by atoms with E-state index in [9.17, 15) is 9.90 Å². The second-order valence-corrected chi connectivity index (χ2v) is 4.95. The molecule has 0 radical (unpaired) electrons. The minimum Gasteiger partial charge on any atom is -0.394 e. The van der Waals surface area contributed by atoms with E-state index in [1.165, 1.54) is 0 Å². The molecule has 0 saturated heterocycles. The molecular weight excluding hydrogens is 228 g/mol. The number of hydrogen-bond donors (Lipinski definition) is 3. The fourth-order valence-electron chi connectivity index (χ4n) is 1.77. The molecule has 1 amide bonds. The number of nitrogens with two attached hydrogens (primary N) is 1. The molecule has 1 rings (SSSR count). The summed E-state index contributed by atoms with van der Waals surface area (Å²) >= 11 is 0. The van der Waals surface area contributed by atoms with Crippen molar-refractivity contribution < 1.29 is 9.90 Å². The molecule has 4 heteroatoms. The van der Waals surface area contributed by atoms with Crippen molar-refractivity contribution in [3.8, 4) is 0 Å². The summed E-state index contributed by atoms with van der Waals surface area (Å²) in [6.07, 6.45) is 0.374. The lowest BCUT2D eigenvalue weighted by atomic mass is 9.92. The van der Waals surface area contributed by atoms with E-state index in [1.807, 2.05) is 44.2 Å². The molecule has 2 atom stereocenters. The lowest BCUT2D eigenvalue weighted by molar-refractivity contribution is -0.124. The number of nitrogens with one attached hydrogen (secondary N) is 1. The van der Waals surface area contributed by atoms with Crippen LogP contribution in [0, 0.1) is 5.92 Å². The Morgan fingerprint density at radius 3 is 2.56 bits per heavy atom. The van der Waals surface area contributed by atoms with Crippen molar-refractivity contribution in [3.63, 3.8) is 0 Å². The van der Waals surface area contributed by atoms with Crippen LogP contribution in [-0.2, 0) is 10.3 Å². The molecule has 1 aromatic carbocycles. The van der Waals surface area contributed by atoms with E-state index in [4.69, 9.17) is 5.73 Å². The first-order chi connectivity index (χ1) is 8.51. The van der Waals surface area contributed by atoms with E-state index >= 15 is 0 Å². The number of benzene rings is 1. The van der Waals surface area contributed by atoms with Gasteiger partial charge in [-0.05, 0) is 24.9 Å². The quantitative estimate of drug-likeness (QED) is 0.705. The molecule has 2 unspecified atom stereocenters. The summed E-state index contributed by atoms with van der Waals surface area (Å²) < 4.78 is 0. The molecule has 4 nitrogen and oxygen atoms in total. The van der Waals surface area contributed by atoms with Crippen LogP contribution in [0.2, 0.25) is 0 Å². The minimum absolute atomic E-state index is 0.0895. The number of rotatable bonds is 6. The molecular formula is C14H22N2O2. The van der Waals surface area contributed by atoms with Crippen LogP contribution in [0.5, 0.6) is 0 Å². The maximum atomic E-state index is 11.9. The molecule has 100 valence electrons. The highest BCUT2D eigenvalue weighted by molar-refractivity contribution is 5.77. The van der Waals surface area contributed by atoms with Gasteiger partial charge in [-0.3, -0.25) is 4.79 Å². The van der Waals surface area contributed by atoms with Gasteiger partial charge in [0.2, 0.25) is 5.91 Å². The fourth-order valence-corrected chi connectivity index (χ4v) is 1.77. The molecule has 0 fully saturated rings. The van der Waals surface area contributed by atoms with Gasteiger partial charge >= 0.3 is 0 Å². The minimum atomic E-state index is -0.743. The summed E-state index contributed by atoms with van der Waals surface area (Å²) in [7, 11) is 0. The highest BCUT2D eigenvalue weighted by atomic mass is 16.3. The molecule has 18 heavy (non-hydrogen) atoms. The highest BCUT2D eigenvalue weighted by Gasteiger charge is 2.27. The Hall–Kier alpha value is -1.39. The van der Waals surface area contributed by atoms with Crippen LogP contribution in [0.15, 0.2) is 30.3 Å². The average Bonchev–Trinajstić information content (AvgIpc) is 2.39. The van der Waals surface area contributed by atoms with E-state index in [0.717, 1.165) is 5.56 Å². The third-order valence-electron chi connectivity index (χ3n) is 3.08. The number of carbonyl (C=O) groups excluding carboxylic acids is 1. The predicted molar refractivity (Wildman–Crippen MR) is 71.9 cm³/mol. The number of aliphatic hydroxyl groups excluding tert-OH is 1. The Morgan fingerprint density at radius 1 is 1.44 bits per heavy atom. The number of amides is 1. The van der Waals surface area contributed by atoms with Crippen LogP contribution in [-0.4, -0.2) is 24.2 Å². The Bertz CT molecular complexity index is 381. The van der Waals surface area contributed by atoms with Crippen molar-refractivity contribution in [2.75, 3.05) is 13.2 Å². The van der Waals surface area contributed by atoms with Gasteiger partial charge < -0.3 is 16.2 Å². The molecule has 0 bridgehead atoms. The third kappa shape index (κ3) is 3.82. The molecule has 1 aromatic rings. The van der Waals surface area contributed by atoms with E-state index < -0.39 is 5.54 Å². The summed E-state index contributed by atoms with van der Waals surface area (Å²) in [5.41, 5.74) is 5.64. The van der Waals surface area contributed by atoms with Gasteiger partial charge in [0.1, 0.15) is 0 Å². The van der Waals surface area contributed by atoms with Gasteiger partial charge in [0.05, 0.1) is 12.1 Å². The smallest absolute Gasteiger partial charge is 0.221 e. The maximum Gasteiger partial charge on any atom is 0.221 e. The lowest BCUT2D eigenvalue weighted by Gasteiger charge is -2.29. The fraction of sp³-hybridized carbons (Fsp3) is 0.500. The van der Waals surface area contributed by atoms with E-state index in [1.54, 1.807) is 0 Å². The summed E-state index contributed by atoms with van der Waals surface area (Å²) in [5.74, 6) is 0.0528. The zero-order chi connectivity index (χ0) is 13.6. The molecule has 0 aliphatic rings. The zero-order valence-electron chi connectivity index (χ0n) is 11.0. The van der Waals surface area contributed by atoms with Gasteiger partial charge in [0, 0.05) is 6.42 Å². The SMILES string of the molecule is CC(CN)CC(=O)NC(C)(CO)c1ccccc1. The third-order valence-corrected chi connectivity index (χ3v) is 3.08. The van der Waals surface area contributed by atoms with Crippen molar-refractivity contribution in [1.29, 1.82) is 0 Å². The first-order valence-corrected chi connectivity index (χ1v) is 6.19. The molecule has 0 aliphatic carbocycles. The maximum absolute atomic E-state index is 11.9. The Kier molecular flexibility index (Phi) is 5.31. The molecule has 0 aromatic heterocycles. The average molecular weight is 250 g/mol. The summed E-state index contributed by atoms with van der Waals surface area (Å²) in [6, 6.07) is 9.46. The van der Waals surface area contributed by atoms with Crippen molar-refractivity contribution in [3.05, 3.63) is 35.9 Å². The normalized spacial score (nSPS) is 15.8. The largest absolute Gasteiger partial charge is 0.394 e. The Labute approximate surface area is 108 Å². The van der Waals surface area contributed by atoms with Crippen molar-refractivity contribution >= 4 is 5.91 Å². The van der Waals surface area contributed by atoms with E-state index in [-0.39, 0.29) is 18.4 Å². The van der Waals surface area contributed by atoms with Crippen LogP contribution in [0.4, 0.5) is 0 Å². The first-order valence-electron chi connectivity index (χ1n) is 6.19. The second-order valence-electron chi connectivity index (χ2n) is 4.95. The van der Waals surface area contributed by atoms with Crippen LogP contribution < -0.4 is 11.1 Å². The number of hydrogen-bond acceptors (Lipinski definition) is 3. The topological polar surface area (TPSA) is 75.4 Å². The molecule has 4 N–H and O–H groups in total. The zero-order valence-corrected chi connectivity index (χ0v) is 11.0. The van der Waals surface area contributed by atoms with Gasteiger partial charge in [-0.25, -0.2) is 0 Å². The van der Waals surface area contributed by atoms with Gasteiger partial charge in [-0.15, -0.1) is 0 Å². The number of carbonyl (C=O) groups is 1. The Morgan fingerprint density at radius 2 is 2.06 bits per heavy atom. The Balaban J connectivity index is 2.75. The van der Waals surface area contributed by atoms with Gasteiger partial charge in [-0.2, -0.15) is 0 Å². The molecule has 0 heterocycles. The van der Waals surface area contributed by atoms with Crippen LogP contribution in [0.3, 0.4) is 0 Å². The molecule has 0 saturated carbocycles. The van der Waals surface area contributed by atoms with Gasteiger partial charge in [0.15, 0.2) is 0 Å². The van der Waals surface area contributed by atoms with Crippen molar-refractivity contribution in [1.82, 2.24) is 5.32 Å². The number of aliphatic hydroxyl groups is 1. The second kappa shape index (κ2) is 6.52. The van der Waals surface area contributed by atoms with Crippen LogP contribution >= 0.6 is 0 Å². The van der Waals surface area contributed by atoms with Crippen LogP contribution in [0.1, 0.15) is 25.8 Å². The first kappa shape index (κ1) is 14.7. The highest BCUT2D eigenvalue weighted by Crippen LogP contribution is 2.20. The lowest BCUT2D eigenvalue weighted by Crippen LogP contribution is -2.46. The summed E-state index contributed by atoms with van der Waals surface area (Å²) in [4.78, 5) is 11.9. The summed E-state index contributed by atoms with van der Waals surface area (Å²) in [5, 5.41) is 12.4. The predicted octanol–water partition coefficient (Wildman–Crippen LogP) is 0.995. The molecule has 0 spiro atoms. The van der Waals surface area contributed by atoms with Crippen LogP contribution in [0.25, 0.3) is 0 Å². The summed E-state index contributed by atoms with van der Waals surface area (Å²) in [6.45, 7) is 4.08.